The Morgan fingerprint density at radius 3 is 1.22 bits per heavy atom. The monoisotopic (exact) mass is 887 g/mol. The first-order chi connectivity index (χ1) is 28.8. The Balaban J connectivity index is 0. The summed E-state index contributed by atoms with van der Waals surface area (Å²) in [7, 11) is -4.54. The van der Waals surface area contributed by atoms with Crippen LogP contribution in [0.25, 0.3) is 0 Å². The van der Waals surface area contributed by atoms with Gasteiger partial charge in [-0.2, -0.15) is 0 Å². The minimum atomic E-state index is -4.54. The van der Waals surface area contributed by atoms with Crippen LogP contribution in [0.2, 0.25) is 0 Å². The van der Waals surface area contributed by atoms with Crippen LogP contribution in [0.1, 0.15) is 201 Å². The largest absolute Gasteiger partial charge is 1.00 e. The molecule has 2 unspecified atom stereocenters. The molecule has 0 aromatic rings. The molecular formula is C47H92NaO11P. The Bertz CT molecular complexity index is 945. The predicted molar refractivity (Wildman–Crippen MR) is 239 cm³/mol. The van der Waals surface area contributed by atoms with Crippen molar-refractivity contribution in [2.45, 2.75) is 207 Å². The molecule has 0 bridgehead atoms. The molecule has 0 aliphatic rings. The fourth-order valence-corrected chi connectivity index (χ4v) is 7.30. The van der Waals surface area contributed by atoms with Crippen molar-refractivity contribution in [1.29, 1.82) is 0 Å². The number of hydrogen-bond acceptors (Lipinski definition) is 11. The summed E-state index contributed by atoms with van der Waals surface area (Å²) in [5.41, 5.74) is 0.347. The number of esters is 1. The maximum atomic E-state index is 12.5. The standard InChI is InChI=1S/C47H93O11P.Na/c1-5-7-9-11-13-15-17-19-21-23-25-27-29-31-33-54-43-46(55-34-32-30-28-26-24-22-20-18-16-14-12-10-8-6-2)44-58-59(49,50)57-42-40-53-38-36-51-35-37-52-39-41-56-47(48)45(3)4;/h46H,3,5-44H2,1-2,4H3,(H,49,50);/q;+1/p-1. The molecule has 0 saturated carbocycles. The third-order valence-electron chi connectivity index (χ3n) is 10.2. The van der Waals surface area contributed by atoms with Crippen LogP contribution in [-0.2, 0) is 46.8 Å². The van der Waals surface area contributed by atoms with Gasteiger partial charge in [0.05, 0.1) is 59.5 Å². The smallest absolute Gasteiger partial charge is 0.756 e. The Morgan fingerprint density at radius 1 is 0.467 bits per heavy atom. The van der Waals surface area contributed by atoms with Crippen molar-refractivity contribution in [2.75, 3.05) is 79.3 Å². The zero-order chi connectivity index (χ0) is 43.2. The number of unbranched alkanes of at least 4 members (excludes halogenated alkanes) is 26. The third kappa shape index (κ3) is 49.1. The van der Waals surface area contributed by atoms with Crippen molar-refractivity contribution in [1.82, 2.24) is 0 Å². The average molecular weight is 887 g/mol. The number of carbonyl (C=O) groups is 1. The molecular weight excluding hydrogens is 794 g/mol. The fourth-order valence-electron chi connectivity index (χ4n) is 6.58. The molecule has 0 radical (unpaired) electrons. The SMILES string of the molecule is C=C(C)C(=O)OCCOCCOCCOCCOP(=O)([O-])OCC(COCCCCCCCCCCCCCCCC)OCCCCCCCCCCCCCCCC.[Na+]. The third-order valence-corrected chi connectivity index (χ3v) is 11.2. The normalized spacial score (nSPS) is 12.9. The van der Waals surface area contributed by atoms with Crippen molar-refractivity contribution < 1.29 is 81.3 Å². The quantitative estimate of drug-likeness (QED) is 0.0191. The summed E-state index contributed by atoms with van der Waals surface area (Å²) in [5.74, 6) is -0.440. The van der Waals surface area contributed by atoms with E-state index in [1.165, 1.54) is 154 Å². The number of rotatable bonds is 50. The van der Waals surface area contributed by atoms with Gasteiger partial charge < -0.3 is 42.4 Å². The zero-order valence-corrected chi connectivity index (χ0v) is 42.4. The Labute approximate surface area is 391 Å². The van der Waals surface area contributed by atoms with Gasteiger partial charge in [-0.15, -0.1) is 0 Å². The molecule has 0 spiro atoms. The average Bonchev–Trinajstić information content (AvgIpc) is 3.22. The fraction of sp³-hybridized carbons (Fsp3) is 0.936. The van der Waals surface area contributed by atoms with Crippen LogP contribution in [-0.4, -0.2) is 91.4 Å². The van der Waals surface area contributed by atoms with Gasteiger partial charge in [-0.05, 0) is 19.8 Å². The van der Waals surface area contributed by atoms with E-state index in [4.69, 9.17) is 37.5 Å². The molecule has 0 amide bonds. The molecule has 60 heavy (non-hydrogen) atoms. The van der Waals surface area contributed by atoms with Crippen LogP contribution in [0.15, 0.2) is 12.2 Å². The second kappa shape index (κ2) is 50.1. The van der Waals surface area contributed by atoms with Gasteiger partial charge in [0, 0.05) is 18.8 Å². The van der Waals surface area contributed by atoms with Crippen molar-refractivity contribution in [3.05, 3.63) is 12.2 Å². The summed E-state index contributed by atoms with van der Waals surface area (Å²) in [6.45, 7) is 12.6. The van der Waals surface area contributed by atoms with E-state index in [-0.39, 0.29) is 75.8 Å². The molecule has 0 aromatic heterocycles. The summed E-state index contributed by atoms with van der Waals surface area (Å²) in [5, 5.41) is 0. The predicted octanol–water partition coefficient (Wildman–Crippen LogP) is 9.03. The van der Waals surface area contributed by atoms with Crippen LogP contribution in [0.4, 0.5) is 0 Å². The molecule has 0 aliphatic carbocycles. The van der Waals surface area contributed by atoms with E-state index in [1.54, 1.807) is 6.92 Å². The molecule has 0 aliphatic heterocycles. The van der Waals surface area contributed by atoms with Crippen molar-refractivity contribution >= 4 is 13.8 Å². The molecule has 0 fully saturated rings. The van der Waals surface area contributed by atoms with Crippen LogP contribution in [0, 0.1) is 0 Å². The van der Waals surface area contributed by atoms with E-state index in [1.807, 2.05) is 0 Å². The molecule has 0 N–H and O–H groups in total. The maximum Gasteiger partial charge on any atom is 1.00 e. The zero-order valence-electron chi connectivity index (χ0n) is 39.5. The summed E-state index contributed by atoms with van der Waals surface area (Å²) >= 11 is 0. The summed E-state index contributed by atoms with van der Waals surface area (Å²) in [4.78, 5) is 23.8. The van der Waals surface area contributed by atoms with Gasteiger partial charge >= 0.3 is 35.5 Å². The van der Waals surface area contributed by atoms with Gasteiger partial charge in [-0.25, -0.2) is 4.79 Å². The van der Waals surface area contributed by atoms with Crippen LogP contribution < -0.4 is 34.5 Å². The van der Waals surface area contributed by atoms with E-state index in [0.717, 1.165) is 25.7 Å². The summed E-state index contributed by atoms with van der Waals surface area (Å²) < 4.78 is 55.8. The first-order valence-corrected chi connectivity index (χ1v) is 25.6. The number of hydrogen-bond donors (Lipinski definition) is 0. The van der Waals surface area contributed by atoms with Gasteiger partial charge in [-0.3, -0.25) is 4.57 Å². The van der Waals surface area contributed by atoms with Crippen LogP contribution in [0.3, 0.4) is 0 Å². The molecule has 0 heterocycles. The van der Waals surface area contributed by atoms with E-state index in [0.29, 0.717) is 38.6 Å². The van der Waals surface area contributed by atoms with Crippen LogP contribution in [0.5, 0.6) is 0 Å². The van der Waals surface area contributed by atoms with Gasteiger partial charge in [-0.1, -0.05) is 187 Å². The second-order valence-corrected chi connectivity index (χ2v) is 17.5. The Morgan fingerprint density at radius 2 is 0.817 bits per heavy atom. The molecule has 2 atom stereocenters. The first-order valence-electron chi connectivity index (χ1n) is 24.2. The van der Waals surface area contributed by atoms with Gasteiger partial charge in [0.2, 0.25) is 0 Å². The van der Waals surface area contributed by atoms with E-state index < -0.39 is 19.9 Å². The minimum absolute atomic E-state index is 0. The molecule has 0 aromatic carbocycles. The molecule has 11 nitrogen and oxygen atoms in total. The summed E-state index contributed by atoms with van der Waals surface area (Å²) in [6, 6.07) is 0. The topological polar surface area (TPSA) is 131 Å². The van der Waals surface area contributed by atoms with E-state index in [9.17, 15) is 14.3 Å². The summed E-state index contributed by atoms with van der Waals surface area (Å²) in [6.07, 6.45) is 35.9. The number of phosphoric acid groups is 1. The number of ether oxygens (including phenoxy) is 6. The Kier molecular flexibility index (Phi) is 52.0. The van der Waals surface area contributed by atoms with Crippen molar-refractivity contribution in [3.8, 4) is 0 Å². The van der Waals surface area contributed by atoms with E-state index in [2.05, 4.69) is 20.4 Å². The number of phosphoric ester groups is 1. The molecule has 13 heteroatoms. The van der Waals surface area contributed by atoms with Gasteiger partial charge in [0.1, 0.15) is 12.7 Å². The second-order valence-electron chi connectivity index (χ2n) is 16.1. The molecule has 0 saturated heterocycles. The van der Waals surface area contributed by atoms with Crippen LogP contribution >= 0.6 is 7.82 Å². The Hall–Kier alpha value is 0.120. The first kappa shape index (κ1) is 62.2. The maximum absolute atomic E-state index is 12.5. The van der Waals surface area contributed by atoms with Gasteiger partial charge in [0.15, 0.2) is 0 Å². The molecule has 0 rings (SSSR count). The van der Waals surface area contributed by atoms with Crippen molar-refractivity contribution in [2.24, 2.45) is 0 Å². The van der Waals surface area contributed by atoms with E-state index >= 15 is 0 Å². The van der Waals surface area contributed by atoms with Gasteiger partial charge in [0.25, 0.3) is 7.82 Å². The molecule has 352 valence electrons. The number of carbonyl (C=O) groups excluding carboxylic acids is 1. The minimum Gasteiger partial charge on any atom is -0.756 e. The van der Waals surface area contributed by atoms with Crippen molar-refractivity contribution in [3.63, 3.8) is 0 Å².